The first-order chi connectivity index (χ1) is 5.83. The van der Waals surface area contributed by atoms with Gasteiger partial charge in [-0.15, -0.1) is 0 Å². The summed E-state index contributed by atoms with van der Waals surface area (Å²) in [5, 5.41) is 0. The van der Waals surface area contributed by atoms with Crippen LogP contribution in [-0.2, 0) is 4.79 Å². The number of hydrogen-bond acceptors (Lipinski definition) is 2. The first-order valence-corrected chi connectivity index (χ1v) is 4.45. The lowest BCUT2D eigenvalue weighted by Gasteiger charge is -2.18. The molecule has 0 radical (unpaired) electrons. The summed E-state index contributed by atoms with van der Waals surface area (Å²) < 4.78 is 25.7. The maximum absolute atomic E-state index is 12.9. The van der Waals surface area contributed by atoms with E-state index in [0.717, 1.165) is 0 Å². The molecule has 76 valence electrons. The SMILES string of the molecule is CC(C)C(=O)[C@@H]1CC(F)(F)CN1C. The van der Waals surface area contributed by atoms with E-state index >= 15 is 0 Å². The first-order valence-electron chi connectivity index (χ1n) is 4.45. The summed E-state index contributed by atoms with van der Waals surface area (Å²) in [6, 6.07) is -0.588. The average molecular weight is 191 g/mol. The lowest BCUT2D eigenvalue weighted by atomic mass is 9.99. The Kier molecular flexibility index (Phi) is 2.71. The second kappa shape index (κ2) is 3.33. The van der Waals surface area contributed by atoms with E-state index in [-0.39, 0.29) is 24.7 Å². The molecule has 0 aliphatic carbocycles. The summed E-state index contributed by atoms with van der Waals surface area (Å²) in [7, 11) is 1.58. The molecule has 0 aromatic carbocycles. The van der Waals surface area contributed by atoms with E-state index in [4.69, 9.17) is 0 Å². The highest BCUT2D eigenvalue weighted by Crippen LogP contribution is 2.32. The van der Waals surface area contributed by atoms with Gasteiger partial charge in [-0.3, -0.25) is 9.69 Å². The monoisotopic (exact) mass is 191 g/mol. The number of rotatable bonds is 2. The summed E-state index contributed by atoms with van der Waals surface area (Å²) >= 11 is 0. The van der Waals surface area contributed by atoms with Crippen LogP contribution < -0.4 is 0 Å². The smallest absolute Gasteiger partial charge is 0.262 e. The van der Waals surface area contributed by atoms with Crippen LogP contribution in [0.25, 0.3) is 0 Å². The Morgan fingerprint density at radius 3 is 2.38 bits per heavy atom. The standard InChI is InChI=1S/C9H15F2NO/c1-6(2)8(13)7-4-9(10,11)5-12(7)3/h6-7H,4-5H2,1-3H3/t7-/m0/s1. The van der Waals surface area contributed by atoms with Crippen molar-refractivity contribution < 1.29 is 13.6 Å². The van der Waals surface area contributed by atoms with Crippen LogP contribution in [0, 0.1) is 5.92 Å². The topological polar surface area (TPSA) is 20.3 Å². The molecule has 1 aliphatic rings. The molecular weight excluding hydrogens is 176 g/mol. The van der Waals surface area contributed by atoms with Gasteiger partial charge in [-0.2, -0.15) is 0 Å². The van der Waals surface area contributed by atoms with E-state index in [1.807, 2.05) is 0 Å². The quantitative estimate of drug-likeness (QED) is 0.660. The van der Waals surface area contributed by atoms with Crippen molar-refractivity contribution in [3.8, 4) is 0 Å². The Labute approximate surface area is 76.9 Å². The Hall–Kier alpha value is -0.510. The van der Waals surface area contributed by atoms with Crippen LogP contribution >= 0.6 is 0 Å². The second-order valence-corrected chi connectivity index (χ2v) is 4.05. The van der Waals surface area contributed by atoms with Crippen LogP contribution in [-0.4, -0.2) is 36.2 Å². The number of carbonyl (C=O) groups excluding carboxylic acids is 1. The van der Waals surface area contributed by atoms with Crippen molar-refractivity contribution in [2.75, 3.05) is 13.6 Å². The number of carbonyl (C=O) groups is 1. The summed E-state index contributed by atoms with van der Waals surface area (Å²) in [6.07, 6.45) is -0.319. The van der Waals surface area contributed by atoms with Crippen LogP contribution in [0.3, 0.4) is 0 Å². The normalized spacial score (nSPS) is 28.3. The molecule has 13 heavy (non-hydrogen) atoms. The molecule has 0 N–H and O–H groups in total. The van der Waals surface area contributed by atoms with Crippen LogP contribution in [0.2, 0.25) is 0 Å². The van der Waals surface area contributed by atoms with Crippen molar-refractivity contribution in [3.63, 3.8) is 0 Å². The number of alkyl halides is 2. The molecule has 1 saturated heterocycles. The molecule has 1 atom stereocenters. The lowest BCUT2D eigenvalue weighted by Crippen LogP contribution is -2.35. The predicted octanol–water partition coefficient (Wildman–Crippen LogP) is 1.55. The average Bonchev–Trinajstić information content (AvgIpc) is 2.22. The summed E-state index contributed by atoms with van der Waals surface area (Å²) in [6.45, 7) is 3.19. The number of halogens is 2. The van der Waals surface area contributed by atoms with Crippen LogP contribution in [0.4, 0.5) is 8.78 Å². The molecule has 4 heteroatoms. The minimum Gasteiger partial charge on any atom is -0.298 e. The fourth-order valence-electron chi connectivity index (χ4n) is 1.68. The number of hydrogen-bond donors (Lipinski definition) is 0. The molecule has 0 saturated carbocycles. The minimum atomic E-state index is -2.69. The van der Waals surface area contributed by atoms with Gasteiger partial charge in [0.25, 0.3) is 5.92 Å². The van der Waals surface area contributed by atoms with Gasteiger partial charge in [0, 0.05) is 12.3 Å². The first kappa shape index (κ1) is 10.6. The lowest BCUT2D eigenvalue weighted by molar-refractivity contribution is -0.126. The van der Waals surface area contributed by atoms with Crippen LogP contribution in [0.5, 0.6) is 0 Å². The Morgan fingerprint density at radius 2 is 2.08 bits per heavy atom. The molecule has 0 spiro atoms. The third kappa shape index (κ3) is 2.24. The van der Waals surface area contributed by atoms with Gasteiger partial charge in [0.2, 0.25) is 0 Å². The molecule has 0 bridgehead atoms. The highest BCUT2D eigenvalue weighted by molar-refractivity contribution is 5.86. The number of Topliss-reactive ketones (excluding diaryl/α,β-unsaturated/α-hetero) is 1. The molecule has 1 aliphatic heterocycles. The van der Waals surface area contributed by atoms with E-state index in [0.29, 0.717) is 0 Å². The molecule has 0 unspecified atom stereocenters. The van der Waals surface area contributed by atoms with E-state index in [1.54, 1.807) is 20.9 Å². The highest BCUT2D eigenvalue weighted by atomic mass is 19.3. The summed E-state index contributed by atoms with van der Waals surface area (Å²) in [5.74, 6) is -2.94. The molecular formula is C9H15F2NO. The van der Waals surface area contributed by atoms with Gasteiger partial charge in [-0.05, 0) is 7.05 Å². The van der Waals surface area contributed by atoms with E-state index in [9.17, 15) is 13.6 Å². The minimum absolute atomic E-state index is 0.0836. The van der Waals surface area contributed by atoms with Crippen molar-refractivity contribution in [1.82, 2.24) is 4.90 Å². The van der Waals surface area contributed by atoms with Gasteiger partial charge in [0.1, 0.15) is 0 Å². The second-order valence-electron chi connectivity index (χ2n) is 4.05. The molecule has 1 fully saturated rings. The molecule has 0 amide bonds. The number of nitrogens with zero attached hydrogens (tertiary/aromatic N) is 1. The summed E-state index contributed by atoms with van der Waals surface area (Å²) in [4.78, 5) is 12.9. The largest absolute Gasteiger partial charge is 0.298 e. The maximum atomic E-state index is 12.9. The fraction of sp³-hybridized carbons (Fsp3) is 0.889. The Bertz CT molecular complexity index is 216. The van der Waals surface area contributed by atoms with Crippen LogP contribution in [0.1, 0.15) is 20.3 Å². The van der Waals surface area contributed by atoms with Crippen molar-refractivity contribution in [1.29, 1.82) is 0 Å². The van der Waals surface area contributed by atoms with Gasteiger partial charge in [0.05, 0.1) is 12.6 Å². The van der Waals surface area contributed by atoms with Crippen molar-refractivity contribution in [2.45, 2.75) is 32.2 Å². The van der Waals surface area contributed by atoms with Gasteiger partial charge in [-0.25, -0.2) is 8.78 Å². The molecule has 2 nitrogen and oxygen atoms in total. The van der Waals surface area contributed by atoms with Crippen molar-refractivity contribution in [3.05, 3.63) is 0 Å². The molecule has 1 heterocycles. The predicted molar refractivity (Wildman–Crippen MR) is 45.8 cm³/mol. The van der Waals surface area contributed by atoms with E-state index in [1.165, 1.54) is 4.90 Å². The van der Waals surface area contributed by atoms with Gasteiger partial charge >= 0.3 is 0 Å². The Morgan fingerprint density at radius 1 is 1.54 bits per heavy atom. The third-order valence-corrected chi connectivity index (χ3v) is 2.40. The van der Waals surface area contributed by atoms with Crippen LogP contribution in [0.15, 0.2) is 0 Å². The van der Waals surface area contributed by atoms with Gasteiger partial charge < -0.3 is 0 Å². The maximum Gasteiger partial charge on any atom is 0.262 e. The van der Waals surface area contributed by atoms with Crippen molar-refractivity contribution in [2.24, 2.45) is 5.92 Å². The van der Waals surface area contributed by atoms with Crippen molar-refractivity contribution >= 4 is 5.78 Å². The zero-order valence-corrected chi connectivity index (χ0v) is 8.18. The molecule has 0 aromatic heterocycles. The molecule has 1 rings (SSSR count). The fourth-order valence-corrected chi connectivity index (χ4v) is 1.68. The van der Waals surface area contributed by atoms with E-state index in [2.05, 4.69) is 0 Å². The number of likely N-dealkylation sites (tertiary alicyclic amines) is 1. The van der Waals surface area contributed by atoms with Gasteiger partial charge in [0.15, 0.2) is 5.78 Å². The van der Waals surface area contributed by atoms with Gasteiger partial charge in [-0.1, -0.05) is 13.8 Å². The third-order valence-electron chi connectivity index (χ3n) is 2.40. The number of ketones is 1. The highest BCUT2D eigenvalue weighted by Gasteiger charge is 2.46. The number of likely N-dealkylation sites (N-methyl/N-ethyl adjacent to an activating group) is 1. The Balaban J connectivity index is 2.68. The zero-order valence-electron chi connectivity index (χ0n) is 8.18. The van der Waals surface area contributed by atoms with E-state index < -0.39 is 12.0 Å². The summed E-state index contributed by atoms with van der Waals surface area (Å²) in [5.41, 5.74) is 0. The zero-order chi connectivity index (χ0) is 10.2. The molecule has 0 aromatic rings.